The highest BCUT2D eigenvalue weighted by Crippen LogP contribution is 2.44. The fourth-order valence-corrected chi connectivity index (χ4v) is 5.31. The lowest BCUT2D eigenvalue weighted by atomic mass is 9.75. The zero-order valence-corrected chi connectivity index (χ0v) is 18.9. The summed E-state index contributed by atoms with van der Waals surface area (Å²) >= 11 is 6.65. The van der Waals surface area contributed by atoms with Crippen molar-refractivity contribution in [2.24, 2.45) is 4.99 Å². The first-order chi connectivity index (χ1) is 15.3. The first kappa shape index (κ1) is 19.3. The topological polar surface area (TPSA) is 56.0 Å². The predicted octanol–water partition coefficient (Wildman–Crippen LogP) is 5.70. The van der Waals surface area contributed by atoms with Crippen LogP contribution in [0, 0.1) is 6.92 Å². The highest BCUT2D eigenvalue weighted by molar-refractivity contribution is 6.33. The van der Waals surface area contributed by atoms with Gasteiger partial charge in [0.25, 0.3) is 0 Å². The molecule has 0 radical (unpaired) electrons. The maximum absolute atomic E-state index is 12.5. The molecule has 0 N–H and O–H groups in total. The van der Waals surface area contributed by atoms with E-state index in [1.807, 2.05) is 25.1 Å². The van der Waals surface area contributed by atoms with Gasteiger partial charge < -0.3 is 9.14 Å². The van der Waals surface area contributed by atoms with E-state index in [0.717, 1.165) is 49.5 Å². The summed E-state index contributed by atoms with van der Waals surface area (Å²) in [6.07, 6.45) is 2.16. The van der Waals surface area contributed by atoms with Gasteiger partial charge in [-0.15, -0.1) is 0 Å². The lowest BCUT2D eigenvalue weighted by molar-refractivity contribution is 0.0594. The van der Waals surface area contributed by atoms with E-state index in [0.29, 0.717) is 10.5 Å². The first-order valence-electron chi connectivity index (χ1n) is 10.5. The minimum atomic E-state index is -0.471. The second-order valence-corrected chi connectivity index (χ2v) is 9.31. The molecule has 32 heavy (non-hydrogen) atoms. The van der Waals surface area contributed by atoms with Crippen molar-refractivity contribution in [2.75, 3.05) is 7.11 Å². The van der Waals surface area contributed by atoms with Gasteiger partial charge in [0.1, 0.15) is 11.2 Å². The summed E-state index contributed by atoms with van der Waals surface area (Å²) in [5, 5.41) is 3.37. The summed E-state index contributed by atoms with van der Waals surface area (Å²) in [6, 6.07) is 14.1. The van der Waals surface area contributed by atoms with E-state index in [1.54, 1.807) is 6.07 Å². The number of hydrogen-bond donors (Lipinski definition) is 0. The van der Waals surface area contributed by atoms with E-state index >= 15 is 0 Å². The Balaban J connectivity index is 1.90. The molecule has 6 rings (SSSR count). The van der Waals surface area contributed by atoms with E-state index < -0.39 is 5.97 Å². The molecule has 0 saturated carbocycles. The number of aromatic nitrogens is 2. The van der Waals surface area contributed by atoms with E-state index in [1.165, 1.54) is 7.11 Å². The molecule has 0 unspecified atom stereocenters. The predicted molar refractivity (Wildman–Crippen MR) is 126 cm³/mol. The maximum Gasteiger partial charge on any atom is 0.356 e. The van der Waals surface area contributed by atoms with E-state index in [4.69, 9.17) is 26.3 Å². The van der Waals surface area contributed by atoms with Gasteiger partial charge in [-0.05, 0) is 36.2 Å². The van der Waals surface area contributed by atoms with Gasteiger partial charge >= 0.3 is 5.97 Å². The van der Waals surface area contributed by atoms with Crippen LogP contribution in [0.3, 0.4) is 0 Å². The van der Waals surface area contributed by atoms with Gasteiger partial charge in [-0.25, -0.2) is 14.8 Å². The number of carbonyl (C=O) groups is 1. The molecule has 3 aromatic heterocycles. The van der Waals surface area contributed by atoms with E-state index in [-0.39, 0.29) is 11.1 Å². The number of ether oxygens (including phenoxy) is 1. The van der Waals surface area contributed by atoms with E-state index in [9.17, 15) is 4.79 Å². The molecule has 2 aromatic carbocycles. The smallest absolute Gasteiger partial charge is 0.356 e. The Hall–Kier alpha value is -3.44. The number of aryl methyl sites for hydroxylation is 1. The van der Waals surface area contributed by atoms with Crippen LogP contribution in [0.1, 0.15) is 41.0 Å². The summed E-state index contributed by atoms with van der Waals surface area (Å²) in [4.78, 5) is 22.3. The van der Waals surface area contributed by atoms with Crippen molar-refractivity contribution >= 4 is 50.6 Å². The second kappa shape index (κ2) is 6.30. The number of rotatable bonds is 1. The fraction of sp³-hybridized carbons (Fsp3) is 0.192. The quantitative estimate of drug-likeness (QED) is 0.313. The van der Waals surface area contributed by atoms with Crippen LogP contribution >= 0.6 is 11.6 Å². The van der Waals surface area contributed by atoms with Gasteiger partial charge in [0.05, 0.1) is 34.2 Å². The molecule has 4 heterocycles. The largest absolute Gasteiger partial charge is 0.464 e. The Morgan fingerprint density at radius 1 is 1.09 bits per heavy atom. The molecule has 6 heteroatoms. The summed E-state index contributed by atoms with van der Waals surface area (Å²) in [5.41, 5.74) is 6.54. The Bertz CT molecular complexity index is 1680. The first-order valence-corrected chi connectivity index (χ1v) is 10.8. The van der Waals surface area contributed by atoms with Gasteiger partial charge in [0, 0.05) is 27.9 Å². The molecule has 0 amide bonds. The van der Waals surface area contributed by atoms with Crippen LogP contribution in [0.4, 0.5) is 5.69 Å². The molecule has 5 nitrogen and oxygen atoms in total. The molecule has 0 atom stereocenters. The Morgan fingerprint density at radius 3 is 2.66 bits per heavy atom. The van der Waals surface area contributed by atoms with Gasteiger partial charge in [-0.1, -0.05) is 49.7 Å². The summed E-state index contributed by atoms with van der Waals surface area (Å²) < 4.78 is 7.18. The number of benzene rings is 2. The molecule has 1 aliphatic rings. The molecule has 5 aromatic rings. The normalized spacial score (nSPS) is 14.4. The van der Waals surface area contributed by atoms with Crippen molar-refractivity contribution in [1.29, 1.82) is 0 Å². The number of esters is 1. The van der Waals surface area contributed by atoms with Crippen molar-refractivity contribution in [3.05, 3.63) is 81.4 Å². The molecule has 0 spiro atoms. The third-order valence-corrected chi connectivity index (χ3v) is 6.89. The van der Waals surface area contributed by atoms with Crippen LogP contribution in [0.25, 0.3) is 27.3 Å². The van der Waals surface area contributed by atoms with Crippen molar-refractivity contribution in [3.63, 3.8) is 0 Å². The SMILES string of the molecule is COC(=O)c1cc2c3ccccc3n3cc4c(c(n1)c23)=Nc1c(Cl)cc(C)cc1C4(C)C. The van der Waals surface area contributed by atoms with Crippen molar-refractivity contribution in [1.82, 2.24) is 9.38 Å². The molecule has 158 valence electrons. The number of para-hydroxylation sites is 1. The highest BCUT2D eigenvalue weighted by Gasteiger charge is 2.34. The third kappa shape index (κ3) is 2.37. The fourth-order valence-electron chi connectivity index (χ4n) is 5.00. The number of methoxy groups -OCH3 is 1. The number of fused-ring (bicyclic) bond motifs is 6. The van der Waals surface area contributed by atoms with Crippen LogP contribution in [0.2, 0.25) is 5.02 Å². The average Bonchev–Trinajstić information content (AvgIpc) is 3.09. The molecule has 0 fully saturated rings. The zero-order valence-electron chi connectivity index (χ0n) is 18.2. The van der Waals surface area contributed by atoms with Crippen LogP contribution in [-0.4, -0.2) is 22.5 Å². The van der Waals surface area contributed by atoms with Crippen LogP contribution in [-0.2, 0) is 10.2 Å². The minimum Gasteiger partial charge on any atom is -0.464 e. The van der Waals surface area contributed by atoms with Gasteiger partial charge in [-0.2, -0.15) is 0 Å². The number of carbonyl (C=O) groups excluding carboxylic acids is 1. The Labute approximate surface area is 189 Å². The Morgan fingerprint density at radius 2 is 1.88 bits per heavy atom. The Kier molecular flexibility index (Phi) is 3.79. The van der Waals surface area contributed by atoms with E-state index in [2.05, 4.69) is 42.6 Å². The number of halogens is 1. The standard InChI is InChI=1S/C26H20ClN3O2/c1-13-9-16-21(18(27)10-13)29-22-17(26(16,2)3)12-30-20-8-6-5-7-14(20)15-11-19(25(31)32-4)28-23(22)24(15)30/h5-12H,1-4H3. The van der Waals surface area contributed by atoms with Crippen LogP contribution in [0.5, 0.6) is 0 Å². The molecular weight excluding hydrogens is 422 g/mol. The lowest BCUT2D eigenvalue weighted by Crippen LogP contribution is -2.32. The molecule has 0 bridgehead atoms. The molecule has 0 saturated heterocycles. The van der Waals surface area contributed by atoms with Crippen LogP contribution in [0.15, 0.2) is 53.7 Å². The van der Waals surface area contributed by atoms with Crippen molar-refractivity contribution < 1.29 is 9.53 Å². The van der Waals surface area contributed by atoms with Gasteiger partial charge in [0.15, 0.2) is 0 Å². The number of hydrogen-bond acceptors (Lipinski definition) is 4. The highest BCUT2D eigenvalue weighted by atomic mass is 35.5. The summed E-state index contributed by atoms with van der Waals surface area (Å²) in [7, 11) is 1.37. The number of pyridine rings is 2. The molecule has 0 aliphatic carbocycles. The maximum atomic E-state index is 12.5. The van der Waals surface area contributed by atoms with Crippen molar-refractivity contribution in [3.8, 4) is 0 Å². The van der Waals surface area contributed by atoms with Crippen LogP contribution < -0.4 is 5.36 Å². The minimum absolute atomic E-state index is 0.264. The van der Waals surface area contributed by atoms with Gasteiger partial charge in [0.2, 0.25) is 0 Å². The molecular formula is C26H20ClN3O2. The number of nitrogens with zero attached hydrogens (tertiary/aromatic N) is 3. The van der Waals surface area contributed by atoms with Crippen molar-refractivity contribution in [2.45, 2.75) is 26.2 Å². The summed E-state index contributed by atoms with van der Waals surface area (Å²) in [6.45, 7) is 6.40. The summed E-state index contributed by atoms with van der Waals surface area (Å²) in [5.74, 6) is -0.471. The average molecular weight is 442 g/mol. The molecule has 1 aliphatic heterocycles. The second-order valence-electron chi connectivity index (χ2n) is 8.90. The monoisotopic (exact) mass is 441 g/mol. The van der Waals surface area contributed by atoms with Gasteiger partial charge in [-0.3, -0.25) is 0 Å². The zero-order chi connectivity index (χ0) is 22.4. The lowest BCUT2D eigenvalue weighted by Gasteiger charge is -2.32. The third-order valence-electron chi connectivity index (χ3n) is 6.60.